The van der Waals surface area contributed by atoms with Gasteiger partial charge in [0, 0.05) is 24.6 Å². The fourth-order valence-electron chi connectivity index (χ4n) is 2.60. The monoisotopic (exact) mass is 269 g/mol. The highest BCUT2D eigenvalue weighted by molar-refractivity contribution is 7.99. The summed E-state index contributed by atoms with van der Waals surface area (Å²) in [5.41, 5.74) is 5.75. The minimum absolute atomic E-state index is 1.10. The molecule has 1 heterocycles. The molecule has 2 aromatic carbocycles. The van der Waals surface area contributed by atoms with Crippen molar-refractivity contribution in [1.29, 1.82) is 0 Å². The molecule has 2 heteroatoms. The maximum Gasteiger partial charge on any atom is 0.00585 e. The van der Waals surface area contributed by atoms with Crippen molar-refractivity contribution in [3.05, 3.63) is 59.7 Å². The molecule has 0 amide bonds. The van der Waals surface area contributed by atoms with Gasteiger partial charge in [-0.05, 0) is 28.7 Å². The zero-order chi connectivity index (χ0) is 12.9. The zero-order valence-corrected chi connectivity index (χ0v) is 11.9. The first-order valence-corrected chi connectivity index (χ1v) is 8.05. The van der Waals surface area contributed by atoms with Crippen molar-refractivity contribution in [3.8, 4) is 11.1 Å². The fraction of sp³-hybridized carbons (Fsp3) is 0.294. The Morgan fingerprint density at radius 3 is 1.68 bits per heavy atom. The third kappa shape index (κ3) is 3.02. The van der Waals surface area contributed by atoms with Crippen LogP contribution in [0.4, 0.5) is 0 Å². The van der Waals surface area contributed by atoms with Crippen molar-refractivity contribution >= 4 is 11.8 Å². The number of nitrogens with one attached hydrogen (secondary N) is 1. The van der Waals surface area contributed by atoms with Gasteiger partial charge >= 0.3 is 0 Å². The van der Waals surface area contributed by atoms with E-state index in [4.69, 9.17) is 0 Å². The smallest absolute Gasteiger partial charge is 0.00585 e. The predicted molar refractivity (Wildman–Crippen MR) is 84.9 cm³/mol. The van der Waals surface area contributed by atoms with Crippen molar-refractivity contribution in [2.45, 2.75) is 6.42 Å². The van der Waals surface area contributed by atoms with Crippen LogP contribution in [0.25, 0.3) is 11.1 Å². The Bertz CT molecular complexity index is 491. The second kappa shape index (κ2) is 6.27. The van der Waals surface area contributed by atoms with Gasteiger partial charge < -0.3 is 5.32 Å². The van der Waals surface area contributed by atoms with E-state index in [1.54, 1.807) is 0 Å². The van der Waals surface area contributed by atoms with Gasteiger partial charge in [-0.15, -0.1) is 0 Å². The molecule has 1 aliphatic heterocycles. The lowest BCUT2D eigenvalue weighted by molar-refractivity contribution is 0.756. The van der Waals surface area contributed by atoms with Gasteiger partial charge in [-0.25, -0.2) is 0 Å². The van der Waals surface area contributed by atoms with Crippen molar-refractivity contribution in [2.75, 3.05) is 24.6 Å². The molecule has 1 N–H and O–H groups in total. The van der Waals surface area contributed by atoms with E-state index in [2.05, 4.69) is 53.8 Å². The molecule has 1 nitrogen and oxygen atoms in total. The number of hydrogen-bond donors (Lipinski definition) is 1. The summed E-state index contributed by atoms with van der Waals surface area (Å²) in [4.78, 5) is 0. The Morgan fingerprint density at radius 2 is 1.26 bits per heavy atom. The van der Waals surface area contributed by atoms with E-state index in [9.17, 15) is 0 Å². The second-order valence-corrected chi connectivity index (χ2v) is 6.08. The highest BCUT2D eigenvalue weighted by Crippen LogP contribution is 2.35. The van der Waals surface area contributed by atoms with Crippen LogP contribution in [0.2, 0.25) is 0 Å². The maximum absolute atomic E-state index is 3.26. The Labute approximate surface area is 119 Å². The standard InChI is InChI=1S/C13H10.C4H9NS/c1-3-7-12-10(5-1)9-11-6-2-4-8-13(11)12;1-3-6-4-2-5-1/h1-8H,9H2;5H,1-4H2. The van der Waals surface area contributed by atoms with Crippen LogP contribution in [-0.4, -0.2) is 24.6 Å². The number of benzene rings is 2. The third-order valence-corrected chi connectivity index (χ3v) is 4.54. The van der Waals surface area contributed by atoms with E-state index in [1.807, 2.05) is 11.8 Å². The van der Waals surface area contributed by atoms with Crippen molar-refractivity contribution in [1.82, 2.24) is 5.32 Å². The highest BCUT2D eigenvalue weighted by Gasteiger charge is 2.15. The predicted octanol–water partition coefficient (Wildman–Crippen LogP) is 3.58. The van der Waals surface area contributed by atoms with Crippen LogP contribution in [0.1, 0.15) is 11.1 Å². The lowest BCUT2D eigenvalue weighted by Crippen LogP contribution is -2.24. The highest BCUT2D eigenvalue weighted by atomic mass is 32.2. The molecule has 0 bridgehead atoms. The van der Waals surface area contributed by atoms with Crippen LogP contribution in [0, 0.1) is 0 Å². The molecule has 98 valence electrons. The van der Waals surface area contributed by atoms with E-state index in [1.165, 1.54) is 46.8 Å². The lowest BCUT2D eigenvalue weighted by atomic mass is 10.1. The van der Waals surface area contributed by atoms with Gasteiger partial charge in [-0.1, -0.05) is 48.5 Å². The first kappa shape index (κ1) is 12.8. The number of fused-ring (bicyclic) bond motifs is 3. The third-order valence-electron chi connectivity index (χ3n) is 3.55. The molecule has 0 spiro atoms. The summed E-state index contributed by atoms with van der Waals surface area (Å²) >= 11 is 2.03. The topological polar surface area (TPSA) is 12.0 Å². The van der Waals surface area contributed by atoms with Gasteiger partial charge in [0.2, 0.25) is 0 Å². The summed E-state index contributed by atoms with van der Waals surface area (Å²) in [7, 11) is 0. The van der Waals surface area contributed by atoms with Gasteiger partial charge in [0.25, 0.3) is 0 Å². The quantitative estimate of drug-likeness (QED) is 0.669. The molecule has 1 aliphatic carbocycles. The van der Waals surface area contributed by atoms with E-state index in [-0.39, 0.29) is 0 Å². The van der Waals surface area contributed by atoms with Crippen LogP contribution in [0.5, 0.6) is 0 Å². The summed E-state index contributed by atoms with van der Waals surface area (Å²) in [6, 6.07) is 17.3. The summed E-state index contributed by atoms with van der Waals surface area (Å²) in [6.45, 7) is 2.43. The van der Waals surface area contributed by atoms with E-state index in [0.29, 0.717) is 0 Å². The lowest BCUT2D eigenvalue weighted by Gasteiger charge is -2.08. The number of thioether (sulfide) groups is 1. The zero-order valence-electron chi connectivity index (χ0n) is 11.1. The van der Waals surface area contributed by atoms with Crippen LogP contribution < -0.4 is 5.32 Å². The average Bonchev–Trinajstić information content (AvgIpc) is 2.88. The van der Waals surface area contributed by atoms with Crippen molar-refractivity contribution < 1.29 is 0 Å². The van der Waals surface area contributed by atoms with Gasteiger partial charge in [0.15, 0.2) is 0 Å². The molecular formula is C17H19NS. The molecule has 4 rings (SSSR count). The minimum atomic E-state index is 1.10. The Morgan fingerprint density at radius 1 is 0.737 bits per heavy atom. The first-order chi connectivity index (χ1) is 9.45. The second-order valence-electron chi connectivity index (χ2n) is 4.85. The molecule has 19 heavy (non-hydrogen) atoms. The molecule has 0 atom stereocenters. The summed E-state index contributed by atoms with van der Waals surface area (Å²) in [6.07, 6.45) is 1.10. The SMILES string of the molecule is C1CSCCN1.c1ccc2c(c1)Cc1ccccc1-2. The fourth-order valence-corrected chi connectivity index (χ4v) is 3.38. The van der Waals surface area contributed by atoms with Crippen LogP contribution in [-0.2, 0) is 6.42 Å². The van der Waals surface area contributed by atoms with Gasteiger partial charge in [-0.3, -0.25) is 0 Å². The minimum Gasteiger partial charge on any atom is -0.315 e. The van der Waals surface area contributed by atoms with Crippen LogP contribution in [0.15, 0.2) is 48.5 Å². The van der Waals surface area contributed by atoms with E-state index in [0.717, 1.165) is 6.42 Å². The van der Waals surface area contributed by atoms with E-state index >= 15 is 0 Å². The molecule has 0 aromatic heterocycles. The van der Waals surface area contributed by atoms with Crippen molar-refractivity contribution in [2.24, 2.45) is 0 Å². The van der Waals surface area contributed by atoms with Crippen LogP contribution >= 0.6 is 11.8 Å². The van der Waals surface area contributed by atoms with Gasteiger partial charge in [0.1, 0.15) is 0 Å². The largest absolute Gasteiger partial charge is 0.315 e. The molecule has 0 unspecified atom stereocenters. The molecular weight excluding hydrogens is 250 g/mol. The summed E-state index contributed by atoms with van der Waals surface area (Å²) < 4.78 is 0. The molecule has 2 aromatic rings. The molecule has 2 aliphatic rings. The molecule has 0 radical (unpaired) electrons. The summed E-state index contributed by atoms with van der Waals surface area (Å²) in [5.74, 6) is 2.61. The van der Waals surface area contributed by atoms with E-state index < -0.39 is 0 Å². The van der Waals surface area contributed by atoms with Gasteiger partial charge in [-0.2, -0.15) is 11.8 Å². The Hall–Kier alpha value is -1.25. The van der Waals surface area contributed by atoms with Gasteiger partial charge in [0.05, 0.1) is 0 Å². The van der Waals surface area contributed by atoms with Crippen molar-refractivity contribution in [3.63, 3.8) is 0 Å². The number of hydrogen-bond acceptors (Lipinski definition) is 2. The first-order valence-electron chi connectivity index (χ1n) is 6.90. The Balaban J connectivity index is 0.000000155. The van der Waals surface area contributed by atoms with Crippen LogP contribution in [0.3, 0.4) is 0 Å². The normalized spacial score (nSPS) is 16.0. The summed E-state index contributed by atoms with van der Waals surface area (Å²) in [5, 5.41) is 3.26. The molecule has 1 saturated heterocycles. The molecule has 1 fully saturated rings. The number of rotatable bonds is 0. The maximum atomic E-state index is 3.26. The average molecular weight is 269 g/mol. The molecule has 0 saturated carbocycles. The Kier molecular flexibility index (Phi) is 4.21.